The average Bonchev–Trinajstić information content (AvgIpc) is 4.27. The average molecular weight is 1210 g/mol. The molecule has 0 fully saturated rings. The van der Waals surface area contributed by atoms with Crippen LogP contribution >= 0.6 is 11.3 Å². The maximum atomic E-state index is 13.9. The molecule has 3 aromatic heterocycles. The molecule has 20 N–H and O–H groups in total. The van der Waals surface area contributed by atoms with Crippen LogP contribution in [0.2, 0.25) is 0 Å². The van der Waals surface area contributed by atoms with Gasteiger partial charge in [-0.3, -0.25) is 48.1 Å². The largest absolute Gasteiger partial charge is 0.481 e. The Morgan fingerprint density at radius 2 is 1.21 bits per heavy atom. The van der Waals surface area contributed by atoms with E-state index in [-0.39, 0.29) is 80.7 Å². The number of aromatic nitrogens is 3. The van der Waals surface area contributed by atoms with E-state index in [1.165, 1.54) is 0 Å². The maximum Gasteiger partial charge on any atom is 0.326 e. The van der Waals surface area contributed by atoms with Gasteiger partial charge in [0, 0.05) is 61.8 Å². The Hall–Kier alpha value is -7.95. The number of nitrogens with one attached hydrogen (secondary N) is 9. The predicted molar refractivity (Wildman–Crippen MR) is 295 cm³/mol. The van der Waals surface area contributed by atoms with Gasteiger partial charge < -0.3 is 98.7 Å². The molecule has 0 aromatic carbocycles. The van der Waals surface area contributed by atoms with Gasteiger partial charge in [0.15, 0.2) is 0 Å². The van der Waals surface area contributed by atoms with E-state index in [1.807, 2.05) is 0 Å². The minimum absolute atomic E-state index is 0.0218. The van der Waals surface area contributed by atoms with Gasteiger partial charge in [-0.25, -0.2) is 9.59 Å². The molecular weight excluding hydrogens is 1130 g/mol. The number of aryl methyl sites for hydroxylation is 2. The van der Waals surface area contributed by atoms with Gasteiger partial charge in [-0.2, -0.15) is 4.98 Å². The summed E-state index contributed by atoms with van der Waals surface area (Å²) in [6.45, 7) is -0.203. The molecule has 10 atom stereocenters. The minimum Gasteiger partial charge on any atom is -0.481 e. The third-order valence-electron chi connectivity index (χ3n) is 13.0. The number of carbonyl (C=O) groups excluding carboxylic acids is 7. The van der Waals surface area contributed by atoms with E-state index >= 15 is 0 Å². The maximum absolute atomic E-state index is 13.9. The van der Waals surface area contributed by atoms with Crippen molar-refractivity contribution in [2.24, 2.45) is 0 Å². The van der Waals surface area contributed by atoms with E-state index in [0.717, 1.165) is 21.9 Å². The van der Waals surface area contributed by atoms with E-state index in [0.29, 0.717) is 36.6 Å². The fraction of sp³-hybridized carbons (Fsp3) is 0.588. The molecule has 0 spiro atoms. The molecule has 0 saturated carbocycles. The van der Waals surface area contributed by atoms with Crippen molar-refractivity contribution in [1.29, 1.82) is 0 Å². The predicted octanol–water partition coefficient (Wildman–Crippen LogP) is -3.75. The number of thiophene rings is 1. The number of hydrogen-bond acceptors (Lipinski definition) is 21. The molecule has 33 heteroatoms. The molecule has 0 bridgehead atoms. The zero-order chi connectivity index (χ0) is 62.6. The van der Waals surface area contributed by atoms with Gasteiger partial charge in [-0.1, -0.05) is 0 Å². The number of rotatable bonds is 42. The molecule has 3 aromatic rings. The minimum atomic E-state index is -2.06. The zero-order valence-electron chi connectivity index (χ0n) is 45.9. The van der Waals surface area contributed by atoms with Gasteiger partial charge in [0.05, 0.1) is 29.0 Å². The molecule has 84 heavy (non-hydrogen) atoms. The number of nitrogens with two attached hydrogens (primary N) is 1. The summed E-state index contributed by atoms with van der Waals surface area (Å²) in [7, 11) is 0. The van der Waals surface area contributed by atoms with Crippen molar-refractivity contribution < 1.29 is 98.7 Å². The Balaban J connectivity index is 1.62. The van der Waals surface area contributed by atoms with Crippen LogP contribution in [0.3, 0.4) is 0 Å². The number of aliphatic hydroxyl groups is 5. The fourth-order valence-electron chi connectivity index (χ4n) is 8.30. The van der Waals surface area contributed by atoms with Gasteiger partial charge in [-0.05, 0) is 95.8 Å². The molecule has 466 valence electrons. The Bertz CT molecular complexity index is 2790. The number of fused-ring (bicyclic) bond motifs is 1. The third-order valence-corrected chi connectivity index (χ3v) is 14.2. The topological polar surface area (TPSA) is 542 Å². The molecule has 3 heterocycles. The van der Waals surface area contributed by atoms with Crippen LogP contribution in [-0.2, 0) is 60.8 Å². The van der Waals surface area contributed by atoms with Crippen molar-refractivity contribution in [3.63, 3.8) is 0 Å². The van der Waals surface area contributed by atoms with E-state index < -0.39 is 159 Å². The van der Waals surface area contributed by atoms with Crippen molar-refractivity contribution in [2.45, 2.75) is 170 Å². The summed E-state index contributed by atoms with van der Waals surface area (Å²) in [5.41, 5.74) is 6.35. The molecule has 0 aliphatic rings. The van der Waals surface area contributed by atoms with Gasteiger partial charge >= 0.3 is 23.9 Å². The molecule has 2 unspecified atom stereocenters. The first kappa shape index (κ1) is 70.3. The summed E-state index contributed by atoms with van der Waals surface area (Å²) in [4.78, 5) is 161. The number of aliphatic carboxylic acids is 4. The zero-order valence-corrected chi connectivity index (χ0v) is 46.7. The normalized spacial score (nSPS) is 14.9. The van der Waals surface area contributed by atoms with Crippen LogP contribution in [-0.4, -0.2) is 207 Å². The molecule has 0 saturated heterocycles. The number of aromatic amines is 2. The lowest BCUT2D eigenvalue weighted by Gasteiger charge is -2.27. The van der Waals surface area contributed by atoms with E-state index in [1.54, 1.807) is 25.1 Å². The second kappa shape index (κ2) is 35.9. The number of nitrogens with zero attached hydrogens (tertiary/aromatic N) is 1. The summed E-state index contributed by atoms with van der Waals surface area (Å²) < 4.78 is 0. The van der Waals surface area contributed by atoms with Crippen molar-refractivity contribution in [2.75, 3.05) is 25.4 Å². The van der Waals surface area contributed by atoms with Gasteiger partial charge in [0.25, 0.3) is 11.5 Å². The van der Waals surface area contributed by atoms with Crippen molar-refractivity contribution in [3.05, 3.63) is 44.0 Å². The molecule has 3 rings (SSSR count). The molecule has 0 aliphatic carbocycles. The smallest absolute Gasteiger partial charge is 0.326 e. The molecular formula is C51H75N11O21S. The summed E-state index contributed by atoms with van der Waals surface area (Å²) in [6.07, 6.45) is -9.42. The van der Waals surface area contributed by atoms with Crippen molar-refractivity contribution in [1.82, 2.24) is 52.2 Å². The number of hydrogen-bond donors (Lipinski definition) is 19. The molecule has 6 amide bonds. The second-order valence-electron chi connectivity index (χ2n) is 19.8. The van der Waals surface area contributed by atoms with Crippen LogP contribution in [0.25, 0.3) is 11.0 Å². The van der Waals surface area contributed by atoms with E-state index in [9.17, 15) is 93.3 Å². The van der Waals surface area contributed by atoms with Crippen LogP contribution in [0, 0.1) is 0 Å². The van der Waals surface area contributed by atoms with Crippen LogP contribution in [0.5, 0.6) is 0 Å². The highest BCUT2D eigenvalue weighted by molar-refractivity contribution is 7.14. The van der Waals surface area contributed by atoms with Crippen molar-refractivity contribution in [3.8, 4) is 0 Å². The van der Waals surface area contributed by atoms with Gasteiger partial charge in [0.2, 0.25) is 35.5 Å². The highest BCUT2D eigenvalue weighted by Gasteiger charge is 2.34. The second-order valence-corrected chi connectivity index (χ2v) is 20.9. The number of aliphatic hydroxyl groups excluding tert-OH is 5. The summed E-state index contributed by atoms with van der Waals surface area (Å²) >= 11 is 1.16. The summed E-state index contributed by atoms with van der Waals surface area (Å²) in [5.74, 6) is -11.0. The Morgan fingerprint density at radius 1 is 0.655 bits per heavy atom. The number of H-pyrrole nitrogens is 2. The number of aldehydes is 1. The van der Waals surface area contributed by atoms with Gasteiger partial charge in [-0.15, -0.1) is 11.3 Å². The molecule has 32 nitrogen and oxygen atoms in total. The number of carboxylic acid groups (broad SMARTS) is 4. The lowest BCUT2D eigenvalue weighted by Crippen LogP contribution is -2.58. The summed E-state index contributed by atoms with van der Waals surface area (Å²) in [6, 6.07) is -3.46. The number of amides is 6. The van der Waals surface area contributed by atoms with Crippen LogP contribution in [0.1, 0.15) is 117 Å². The number of anilines is 1. The van der Waals surface area contributed by atoms with Crippen LogP contribution in [0.4, 0.5) is 5.95 Å². The van der Waals surface area contributed by atoms with Crippen LogP contribution < -0.4 is 48.5 Å². The third kappa shape index (κ3) is 24.9. The Kier molecular flexibility index (Phi) is 30.1. The first-order valence-electron chi connectivity index (χ1n) is 26.9. The quantitative estimate of drug-likeness (QED) is 0.0191. The van der Waals surface area contributed by atoms with E-state index in [4.69, 9.17) is 15.9 Å². The standard InChI is InChI=1S/C51H75N11O21S/c1-25(10-18-39(69)70)55-29(9-5-21-63)45(76)58-31(14-19-40(71)72)46(77)57-30(12-16-38(68)54-23-34(65)41(73)42(74)35(66)24-64)47(78)59-32(49(80)81)8-2-3-20-53-37(67)17-13-33(50(82)83)60-48(79)36-15-11-27(84-36)7-4-6-26-22-28-43(56-26)61-51(52)62-44(28)75/h11,15,21-22,25,29-35,41-42,55,64-66,73-74H,2-10,12-14,16-20,23-24H2,1H3,(H,53,67)(H,54,68)(H,57,77)(H,58,76)(H,59,78)(H,60,79)(H,69,70)(H,71,72)(H,80,81)(H,82,83)(H4,52,56,61,62,75)/t25?,29?,30-,31-,32-,33-,34-,35+,41+,42+/m0/s1. The Morgan fingerprint density at radius 3 is 1.82 bits per heavy atom. The first-order valence-corrected chi connectivity index (χ1v) is 27.7. The highest BCUT2D eigenvalue weighted by Crippen LogP contribution is 2.21. The number of unbranched alkanes of at least 4 members (excludes halogenated alkanes) is 1. The highest BCUT2D eigenvalue weighted by atomic mass is 32.1. The SMILES string of the molecule is CC(CCC(=O)O)NC(CCC=O)C(=O)N[C@@H](CCC(=O)O)C(=O)N[C@@H](CCC(=O)NC[C@H](O)[C@@H](O)[C@H](O)[C@H](O)CO)C(=O)N[C@@H](CCCCNC(=O)CC[C@H](NC(=O)c1ccc(CCCc2cc3c(=O)[nH]c(N)nc3[nH]2)s1)C(=O)O)C(=O)O. The lowest BCUT2D eigenvalue weighted by molar-refractivity contribution is -0.143. The monoisotopic (exact) mass is 1210 g/mol. The van der Waals surface area contributed by atoms with Crippen molar-refractivity contribution >= 4 is 93.9 Å². The molecule has 0 aliphatic heterocycles. The van der Waals surface area contributed by atoms with Gasteiger partial charge in [0.1, 0.15) is 54.4 Å². The molecule has 0 radical (unpaired) electrons. The first-order chi connectivity index (χ1) is 39.7. The lowest BCUT2D eigenvalue weighted by atomic mass is 10.0. The fourth-order valence-corrected chi connectivity index (χ4v) is 9.26. The Labute approximate surface area is 483 Å². The number of carbonyl (C=O) groups is 11. The number of carboxylic acids is 4. The van der Waals surface area contributed by atoms with Crippen LogP contribution in [0.15, 0.2) is 23.0 Å². The van der Waals surface area contributed by atoms with E-state index in [2.05, 4.69) is 52.2 Å². The summed E-state index contributed by atoms with van der Waals surface area (Å²) in [5, 5.41) is 105. The number of nitrogen functional groups attached to an aromatic ring is 1.